The number of hydrogen-bond donors (Lipinski definition) is 0. The highest BCUT2D eigenvalue weighted by Gasteiger charge is 2.31. The lowest BCUT2D eigenvalue weighted by Gasteiger charge is -2.28. The molecule has 140 valence electrons. The van der Waals surface area contributed by atoms with Crippen LogP contribution in [0.4, 0.5) is 4.79 Å². The van der Waals surface area contributed by atoms with Crippen molar-refractivity contribution in [3.8, 4) is 0 Å². The van der Waals surface area contributed by atoms with Crippen LogP contribution >= 0.6 is 0 Å². The van der Waals surface area contributed by atoms with Crippen molar-refractivity contribution < 1.29 is 9.53 Å². The lowest BCUT2D eigenvalue weighted by atomic mass is 9.85. The SMILES string of the molecule is CN(C(=O)OC(C)(C)C)C1CCN(Cc2cn(CC3CCC3)nn2)C1. The summed E-state index contributed by atoms with van der Waals surface area (Å²) in [6.45, 7) is 9.30. The zero-order valence-electron chi connectivity index (χ0n) is 15.9. The fourth-order valence-electron chi connectivity index (χ4n) is 3.42. The van der Waals surface area contributed by atoms with Crippen LogP contribution in [-0.4, -0.2) is 62.7 Å². The van der Waals surface area contributed by atoms with Crippen LogP contribution < -0.4 is 0 Å². The van der Waals surface area contributed by atoms with Crippen molar-refractivity contribution in [2.45, 2.75) is 71.2 Å². The smallest absolute Gasteiger partial charge is 0.410 e. The summed E-state index contributed by atoms with van der Waals surface area (Å²) in [7, 11) is 1.83. The third kappa shape index (κ3) is 4.93. The number of likely N-dealkylation sites (tertiary alicyclic amines) is 1. The molecule has 1 saturated heterocycles. The van der Waals surface area contributed by atoms with Crippen LogP contribution in [0.25, 0.3) is 0 Å². The summed E-state index contributed by atoms with van der Waals surface area (Å²) in [5.41, 5.74) is 0.558. The van der Waals surface area contributed by atoms with E-state index < -0.39 is 5.60 Å². The number of carbonyl (C=O) groups excluding carboxylic acids is 1. The minimum atomic E-state index is -0.456. The van der Waals surface area contributed by atoms with Crippen LogP contribution in [0.1, 0.15) is 52.1 Å². The van der Waals surface area contributed by atoms with Crippen LogP contribution in [0, 0.1) is 5.92 Å². The Morgan fingerprint density at radius 2 is 2.12 bits per heavy atom. The first-order chi connectivity index (χ1) is 11.8. The van der Waals surface area contributed by atoms with E-state index in [9.17, 15) is 4.79 Å². The van der Waals surface area contributed by atoms with Gasteiger partial charge in [0.1, 0.15) is 5.60 Å². The standard InChI is InChI=1S/C18H31N5O2/c1-18(2,3)25-17(24)21(4)16-8-9-22(13-16)11-15-12-23(20-19-15)10-14-6-5-7-14/h12,14,16H,5-11,13H2,1-4H3. The molecule has 1 aromatic rings. The Hall–Kier alpha value is -1.63. The van der Waals surface area contributed by atoms with Crippen molar-refractivity contribution in [2.24, 2.45) is 5.92 Å². The van der Waals surface area contributed by atoms with Gasteiger partial charge >= 0.3 is 6.09 Å². The molecular weight excluding hydrogens is 318 g/mol. The monoisotopic (exact) mass is 349 g/mol. The van der Waals surface area contributed by atoms with Gasteiger partial charge in [-0.25, -0.2) is 4.79 Å². The average Bonchev–Trinajstić information content (AvgIpc) is 3.10. The molecule has 1 unspecified atom stereocenters. The van der Waals surface area contributed by atoms with Gasteiger partial charge in [0.15, 0.2) is 0 Å². The number of carbonyl (C=O) groups is 1. The molecule has 2 aliphatic rings. The molecule has 7 nitrogen and oxygen atoms in total. The molecule has 2 fully saturated rings. The van der Waals surface area contributed by atoms with Crippen LogP contribution in [-0.2, 0) is 17.8 Å². The van der Waals surface area contributed by atoms with Gasteiger partial charge in [0, 0.05) is 45.5 Å². The van der Waals surface area contributed by atoms with E-state index in [4.69, 9.17) is 4.74 Å². The molecule has 1 aliphatic heterocycles. The van der Waals surface area contributed by atoms with Crippen LogP contribution in [0.3, 0.4) is 0 Å². The van der Waals surface area contributed by atoms with E-state index in [-0.39, 0.29) is 12.1 Å². The Morgan fingerprint density at radius 3 is 2.76 bits per heavy atom. The second kappa shape index (κ2) is 7.32. The largest absolute Gasteiger partial charge is 0.444 e. The fourth-order valence-corrected chi connectivity index (χ4v) is 3.42. The number of hydrogen-bond acceptors (Lipinski definition) is 5. The maximum Gasteiger partial charge on any atom is 0.410 e. The molecule has 0 bridgehead atoms. The normalized spacial score (nSPS) is 22.0. The van der Waals surface area contributed by atoms with Gasteiger partial charge in [-0.05, 0) is 46.0 Å². The molecule has 2 heterocycles. The Morgan fingerprint density at radius 1 is 1.36 bits per heavy atom. The van der Waals surface area contributed by atoms with E-state index in [1.165, 1.54) is 19.3 Å². The number of likely N-dealkylation sites (N-methyl/N-ethyl adjacent to an activating group) is 1. The zero-order valence-corrected chi connectivity index (χ0v) is 15.9. The summed E-state index contributed by atoms with van der Waals surface area (Å²) in [5, 5.41) is 8.57. The van der Waals surface area contributed by atoms with Gasteiger partial charge in [0.2, 0.25) is 0 Å². The second-order valence-electron chi connectivity index (χ2n) is 8.50. The van der Waals surface area contributed by atoms with Crippen LogP contribution in [0.2, 0.25) is 0 Å². The van der Waals surface area contributed by atoms with E-state index in [0.717, 1.165) is 44.2 Å². The summed E-state index contributed by atoms with van der Waals surface area (Å²) < 4.78 is 7.45. The first-order valence-corrected chi connectivity index (χ1v) is 9.37. The van der Waals surface area contributed by atoms with Crippen molar-refractivity contribution in [1.82, 2.24) is 24.8 Å². The highest BCUT2D eigenvalue weighted by atomic mass is 16.6. The molecule has 7 heteroatoms. The maximum atomic E-state index is 12.2. The van der Waals surface area contributed by atoms with Crippen LogP contribution in [0.15, 0.2) is 6.20 Å². The molecule has 25 heavy (non-hydrogen) atoms. The van der Waals surface area contributed by atoms with Gasteiger partial charge in [-0.3, -0.25) is 9.58 Å². The first-order valence-electron chi connectivity index (χ1n) is 9.37. The lowest BCUT2D eigenvalue weighted by Crippen LogP contribution is -2.42. The molecule has 1 amide bonds. The summed E-state index contributed by atoms with van der Waals surface area (Å²) in [6.07, 6.45) is 6.78. The fraction of sp³-hybridized carbons (Fsp3) is 0.833. The number of nitrogens with zero attached hydrogens (tertiary/aromatic N) is 5. The minimum absolute atomic E-state index is 0.194. The Bertz CT molecular complexity index is 591. The van der Waals surface area contributed by atoms with Crippen molar-refractivity contribution in [3.63, 3.8) is 0 Å². The molecule has 1 aromatic heterocycles. The summed E-state index contributed by atoms with van der Waals surface area (Å²) >= 11 is 0. The maximum absolute atomic E-state index is 12.2. The van der Waals surface area contributed by atoms with E-state index in [0.29, 0.717) is 0 Å². The van der Waals surface area contributed by atoms with Gasteiger partial charge in [-0.15, -0.1) is 5.10 Å². The molecule has 0 N–H and O–H groups in total. The quantitative estimate of drug-likeness (QED) is 0.817. The molecular formula is C18H31N5O2. The molecule has 0 aromatic carbocycles. The van der Waals surface area contributed by atoms with Gasteiger partial charge in [-0.2, -0.15) is 0 Å². The summed E-state index contributed by atoms with van der Waals surface area (Å²) in [6, 6.07) is 0.194. The van der Waals surface area contributed by atoms with Crippen molar-refractivity contribution >= 4 is 6.09 Å². The minimum Gasteiger partial charge on any atom is -0.444 e. The van der Waals surface area contributed by atoms with Gasteiger partial charge < -0.3 is 9.64 Å². The topological polar surface area (TPSA) is 63.5 Å². The zero-order chi connectivity index (χ0) is 18.0. The summed E-state index contributed by atoms with van der Waals surface area (Å²) in [4.78, 5) is 16.3. The molecule has 3 rings (SSSR count). The van der Waals surface area contributed by atoms with E-state index >= 15 is 0 Å². The van der Waals surface area contributed by atoms with E-state index in [1.54, 1.807) is 4.90 Å². The first kappa shape index (κ1) is 18.2. The van der Waals surface area contributed by atoms with Gasteiger partial charge in [-0.1, -0.05) is 11.6 Å². The highest BCUT2D eigenvalue weighted by Crippen LogP contribution is 2.27. The number of ether oxygens (including phenoxy) is 1. The van der Waals surface area contributed by atoms with E-state index in [2.05, 4.69) is 21.4 Å². The van der Waals surface area contributed by atoms with Gasteiger partial charge in [0.25, 0.3) is 0 Å². The third-order valence-corrected chi connectivity index (χ3v) is 5.12. The average molecular weight is 349 g/mol. The predicted molar refractivity (Wildman–Crippen MR) is 95.0 cm³/mol. The summed E-state index contributed by atoms with van der Waals surface area (Å²) in [5.74, 6) is 0.785. The highest BCUT2D eigenvalue weighted by molar-refractivity contribution is 5.68. The Kier molecular flexibility index (Phi) is 5.32. The molecule has 0 radical (unpaired) electrons. The van der Waals surface area contributed by atoms with Crippen molar-refractivity contribution in [3.05, 3.63) is 11.9 Å². The number of amides is 1. The second-order valence-corrected chi connectivity index (χ2v) is 8.50. The number of aromatic nitrogens is 3. The molecule has 1 saturated carbocycles. The molecule has 1 aliphatic carbocycles. The Labute approximate surface area is 150 Å². The van der Waals surface area contributed by atoms with Crippen molar-refractivity contribution in [2.75, 3.05) is 20.1 Å². The lowest BCUT2D eigenvalue weighted by molar-refractivity contribution is 0.0228. The predicted octanol–water partition coefficient (Wildman–Crippen LogP) is 2.52. The van der Waals surface area contributed by atoms with Crippen LogP contribution in [0.5, 0.6) is 0 Å². The van der Waals surface area contributed by atoms with Crippen molar-refractivity contribution in [1.29, 1.82) is 0 Å². The number of rotatable bonds is 5. The molecule has 1 atom stereocenters. The third-order valence-electron chi connectivity index (χ3n) is 5.12. The Balaban J connectivity index is 1.46. The van der Waals surface area contributed by atoms with Gasteiger partial charge in [0.05, 0.1) is 5.69 Å². The molecule has 0 spiro atoms. The van der Waals surface area contributed by atoms with E-state index in [1.807, 2.05) is 32.5 Å².